The molecule has 96 valence electrons. The van der Waals surface area contributed by atoms with E-state index in [9.17, 15) is 13.9 Å². The number of hydrogen-bond acceptors (Lipinski definition) is 3. The number of nitrogens with zero attached hydrogens (tertiary/aromatic N) is 1. The summed E-state index contributed by atoms with van der Waals surface area (Å²) >= 11 is 0. The zero-order valence-corrected chi connectivity index (χ0v) is 9.79. The van der Waals surface area contributed by atoms with Crippen LogP contribution >= 0.6 is 0 Å². The first kappa shape index (κ1) is 12.8. The van der Waals surface area contributed by atoms with Gasteiger partial charge in [0.1, 0.15) is 5.69 Å². The van der Waals surface area contributed by atoms with Crippen LogP contribution < -0.4 is 5.32 Å². The number of hydrogen-bond donors (Lipinski definition) is 2. The number of benzene rings is 1. The van der Waals surface area contributed by atoms with Gasteiger partial charge in [-0.05, 0) is 25.0 Å². The monoisotopic (exact) mass is 252 g/mol. The van der Waals surface area contributed by atoms with Crippen molar-refractivity contribution in [2.75, 3.05) is 5.32 Å². The zero-order chi connectivity index (χ0) is 13.1. The van der Waals surface area contributed by atoms with Gasteiger partial charge in [-0.2, -0.15) is 5.26 Å². The summed E-state index contributed by atoms with van der Waals surface area (Å²) in [5.41, 5.74) is -0.320. The van der Waals surface area contributed by atoms with E-state index in [0.29, 0.717) is 12.8 Å². The van der Waals surface area contributed by atoms with Crippen LogP contribution in [0.5, 0.6) is 0 Å². The average molecular weight is 252 g/mol. The highest BCUT2D eigenvalue weighted by Crippen LogP contribution is 2.26. The van der Waals surface area contributed by atoms with Crippen molar-refractivity contribution < 1.29 is 13.9 Å². The predicted molar refractivity (Wildman–Crippen MR) is 63.0 cm³/mol. The van der Waals surface area contributed by atoms with E-state index in [1.54, 1.807) is 6.07 Å². The molecule has 18 heavy (non-hydrogen) atoms. The molecule has 1 aromatic carbocycles. The first-order chi connectivity index (χ1) is 8.61. The van der Waals surface area contributed by atoms with Gasteiger partial charge in [-0.25, -0.2) is 8.78 Å². The van der Waals surface area contributed by atoms with E-state index in [1.807, 2.05) is 0 Å². The Labute approximate surface area is 104 Å². The Balaban J connectivity index is 2.21. The van der Waals surface area contributed by atoms with Gasteiger partial charge < -0.3 is 10.4 Å². The molecule has 5 heteroatoms. The summed E-state index contributed by atoms with van der Waals surface area (Å²) in [4.78, 5) is 0. The Hall–Kier alpha value is -1.67. The fourth-order valence-corrected chi connectivity index (χ4v) is 2.24. The molecule has 2 atom stereocenters. The van der Waals surface area contributed by atoms with E-state index in [2.05, 4.69) is 5.32 Å². The van der Waals surface area contributed by atoms with Gasteiger partial charge in [0.2, 0.25) is 0 Å². The number of nitrogens with one attached hydrogen (secondary N) is 1. The average Bonchev–Trinajstić information content (AvgIpc) is 2.35. The molecule has 1 fully saturated rings. The highest BCUT2D eigenvalue weighted by atomic mass is 19.1. The summed E-state index contributed by atoms with van der Waals surface area (Å²) in [5.74, 6) is -1.60. The normalized spacial score (nSPS) is 23.4. The molecule has 1 saturated carbocycles. The summed E-state index contributed by atoms with van der Waals surface area (Å²) in [6.07, 6.45) is 2.58. The molecule has 0 amide bonds. The van der Waals surface area contributed by atoms with Crippen molar-refractivity contribution in [2.45, 2.75) is 37.8 Å². The largest absolute Gasteiger partial charge is 0.391 e. The summed E-state index contributed by atoms with van der Waals surface area (Å²) in [6, 6.07) is 3.33. The molecule has 0 radical (unpaired) electrons. The van der Waals surface area contributed by atoms with Crippen LogP contribution in [0.3, 0.4) is 0 Å². The lowest BCUT2D eigenvalue weighted by Gasteiger charge is -2.29. The SMILES string of the molecule is N#Cc1cc(F)c(N[C@H]2CCCC[C@@H]2O)c(F)c1. The molecule has 0 spiro atoms. The number of anilines is 1. The second kappa shape index (κ2) is 5.32. The maximum atomic E-state index is 13.6. The molecular weight excluding hydrogens is 238 g/mol. The summed E-state index contributed by atoms with van der Waals surface area (Å²) in [7, 11) is 0. The van der Waals surface area contributed by atoms with E-state index >= 15 is 0 Å². The topological polar surface area (TPSA) is 56.0 Å². The number of aliphatic hydroxyl groups is 1. The number of nitriles is 1. The van der Waals surface area contributed by atoms with Crippen molar-refractivity contribution in [3.63, 3.8) is 0 Å². The van der Waals surface area contributed by atoms with E-state index < -0.39 is 17.7 Å². The molecular formula is C13H14F2N2O. The van der Waals surface area contributed by atoms with Crippen LogP contribution in [0.15, 0.2) is 12.1 Å². The van der Waals surface area contributed by atoms with Gasteiger partial charge in [-0.1, -0.05) is 12.8 Å². The molecule has 2 N–H and O–H groups in total. The highest BCUT2D eigenvalue weighted by Gasteiger charge is 2.25. The molecule has 0 saturated heterocycles. The van der Waals surface area contributed by atoms with Crippen LogP contribution in [0.25, 0.3) is 0 Å². The van der Waals surface area contributed by atoms with E-state index in [0.717, 1.165) is 25.0 Å². The molecule has 0 aromatic heterocycles. The number of rotatable bonds is 2. The Morgan fingerprint density at radius 2 is 1.83 bits per heavy atom. The Kier molecular flexibility index (Phi) is 3.78. The minimum atomic E-state index is -0.802. The molecule has 1 aliphatic carbocycles. The predicted octanol–water partition coefficient (Wildman–Crippen LogP) is 2.55. The third-order valence-corrected chi connectivity index (χ3v) is 3.23. The fourth-order valence-electron chi connectivity index (χ4n) is 2.24. The van der Waals surface area contributed by atoms with Crippen LogP contribution in [0.1, 0.15) is 31.2 Å². The first-order valence-corrected chi connectivity index (χ1v) is 5.95. The van der Waals surface area contributed by atoms with Gasteiger partial charge in [0.15, 0.2) is 11.6 Å². The van der Waals surface area contributed by atoms with Crippen LogP contribution in [-0.4, -0.2) is 17.3 Å². The minimum Gasteiger partial charge on any atom is -0.391 e. The van der Waals surface area contributed by atoms with Gasteiger partial charge in [0.05, 0.1) is 23.8 Å². The Morgan fingerprint density at radius 1 is 1.22 bits per heavy atom. The molecule has 0 heterocycles. The molecule has 3 nitrogen and oxygen atoms in total. The smallest absolute Gasteiger partial charge is 0.150 e. The molecule has 2 rings (SSSR count). The molecule has 1 aromatic rings. The maximum Gasteiger partial charge on any atom is 0.150 e. The van der Waals surface area contributed by atoms with E-state index in [1.165, 1.54) is 0 Å². The second-order valence-corrected chi connectivity index (χ2v) is 4.53. The number of halogens is 2. The van der Waals surface area contributed by atoms with E-state index in [-0.39, 0.29) is 17.3 Å². The number of aliphatic hydroxyl groups excluding tert-OH is 1. The molecule has 0 aliphatic heterocycles. The first-order valence-electron chi connectivity index (χ1n) is 5.95. The van der Waals surface area contributed by atoms with Crippen molar-refractivity contribution in [3.8, 4) is 6.07 Å². The van der Waals surface area contributed by atoms with Gasteiger partial charge in [0, 0.05) is 0 Å². The van der Waals surface area contributed by atoms with Crippen molar-refractivity contribution in [2.24, 2.45) is 0 Å². The van der Waals surface area contributed by atoms with Crippen LogP contribution in [0.2, 0.25) is 0 Å². The van der Waals surface area contributed by atoms with Crippen LogP contribution in [0.4, 0.5) is 14.5 Å². The summed E-state index contributed by atoms with van der Waals surface area (Å²) < 4.78 is 27.3. The van der Waals surface area contributed by atoms with Crippen molar-refractivity contribution in [1.29, 1.82) is 5.26 Å². The molecule has 1 aliphatic rings. The van der Waals surface area contributed by atoms with Gasteiger partial charge in [-0.15, -0.1) is 0 Å². The highest BCUT2D eigenvalue weighted by molar-refractivity contribution is 5.51. The van der Waals surface area contributed by atoms with Gasteiger partial charge in [0.25, 0.3) is 0 Å². The maximum absolute atomic E-state index is 13.6. The Bertz CT molecular complexity index is 461. The lowest BCUT2D eigenvalue weighted by molar-refractivity contribution is 0.116. The van der Waals surface area contributed by atoms with E-state index in [4.69, 9.17) is 5.26 Å². The van der Waals surface area contributed by atoms with Crippen LogP contribution in [-0.2, 0) is 0 Å². The Morgan fingerprint density at radius 3 is 2.39 bits per heavy atom. The lowest BCUT2D eigenvalue weighted by atomic mass is 9.92. The summed E-state index contributed by atoms with van der Waals surface area (Å²) in [5, 5.41) is 21.1. The van der Waals surface area contributed by atoms with Crippen molar-refractivity contribution in [3.05, 3.63) is 29.3 Å². The van der Waals surface area contributed by atoms with Crippen LogP contribution in [0, 0.1) is 23.0 Å². The third-order valence-electron chi connectivity index (χ3n) is 3.23. The summed E-state index contributed by atoms with van der Waals surface area (Å²) in [6.45, 7) is 0. The molecule has 0 bridgehead atoms. The second-order valence-electron chi connectivity index (χ2n) is 4.53. The third kappa shape index (κ3) is 2.59. The van der Waals surface area contributed by atoms with Crippen molar-refractivity contribution >= 4 is 5.69 Å². The fraction of sp³-hybridized carbons (Fsp3) is 0.462. The lowest BCUT2D eigenvalue weighted by Crippen LogP contribution is -2.36. The van der Waals surface area contributed by atoms with Gasteiger partial charge >= 0.3 is 0 Å². The molecule has 0 unspecified atom stereocenters. The van der Waals surface area contributed by atoms with Gasteiger partial charge in [-0.3, -0.25) is 0 Å². The van der Waals surface area contributed by atoms with Crippen molar-refractivity contribution in [1.82, 2.24) is 0 Å². The quantitative estimate of drug-likeness (QED) is 0.850. The minimum absolute atomic E-state index is 0.0558. The standard InChI is InChI=1S/C13H14F2N2O/c14-9-5-8(7-16)6-10(15)13(9)17-11-3-1-2-4-12(11)18/h5-6,11-12,17-18H,1-4H2/t11-,12-/m0/s1. The zero-order valence-electron chi connectivity index (χ0n) is 9.79.